The number of sulfonamides is 1. The summed E-state index contributed by atoms with van der Waals surface area (Å²) in [5, 5.41) is 3.31. The molecule has 1 N–H and O–H groups in total. The fourth-order valence-electron chi connectivity index (χ4n) is 1.47. The summed E-state index contributed by atoms with van der Waals surface area (Å²) < 4.78 is 26.0. The van der Waals surface area contributed by atoms with Gasteiger partial charge in [0.15, 0.2) is 0 Å². The van der Waals surface area contributed by atoms with E-state index in [1.807, 2.05) is 13.0 Å². The van der Waals surface area contributed by atoms with Crippen molar-refractivity contribution in [1.82, 2.24) is 9.62 Å². The smallest absolute Gasteiger partial charge is 0.252 e. The van der Waals surface area contributed by atoms with Crippen LogP contribution < -0.4 is 5.32 Å². The molecule has 4 nitrogen and oxygen atoms in total. The first-order valence-corrected chi connectivity index (χ1v) is 8.53. The first kappa shape index (κ1) is 15.6. The molecule has 0 aliphatic heterocycles. The van der Waals surface area contributed by atoms with Crippen LogP contribution in [-0.4, -0.2) is 39.4 Å². The molecular formula is C12H22N2O2S2. The number of hydrogen-bond donors (Lipinski definition) is 1. The Hall–Kier alpha value is -0.430. The summed E-state index contributed by atoms with van der Waals surface area (Å²) in [5.41, 5.74) is 0. The van der Waals surface area contributed by atoms with Crippen molar-refractivity contribution in [1.29, 1.82) is 0 Å². The van der Waals surface area contributed by atoms with Gasteiger partial charge in [0.05, 0.1) is 0 Å². The summed E-state index contributed by atoms with van der Waals surface area (Å²) in [4.78, 5) is 1.11. The molecule has 0 unspecified atom stereocenters. The Bertz CT molecular complexity index is 454. The summed E-state index contributed by atoms with van der Waals surface area (Å²) in [6.07, 6.45) is 2.00. The summed E-state index contributed by atoms with van der Waals surface area (Å²) in [6, 6.07) is 3.62. The van der Waals surface area contributed by atoms with Crippen LogP contribution in [-0.2, 0) is 16.4 Å². The Labute approximate surface area is 114 Å². The van der Waals surface area contributed by atoms with Gasteiger partial charge in [0, 0.05) is 18.5 Å². The van der Waals surface area contributed by atoms with E-state index in [-0.39, 0.29) is 0 Å². The molecule has 1 aromatic heterocycles. The Morgan fingerprint density at radius 1 is 1.28 bits per heavy atom. The van der Waals surface area contributed by atoms with Crippen LogP contribution in [0.5, 0.6) is 0 Å². The van der Waals surface area contributed by atoms with E-state index >= 15 is 0 Å². The van der Waals surface area contributed by atoms with Crippen molar-refractivity contribution < 1.29 is 8.42 Å². The van der Waals surface area contributed by atoms with Crippen LogP contribution in [0.2, 0.25) is 0 Å². The largest absolute Gasteiger partial charge is 0.316 e. The number of hydrogen-bond acceptors (Lipinski definition) is 4. The van der Waals surface area contributed by atoms with Gasteiger partial charge < -0.3 is 5.32 Å². The van der Waals surface area contributed by atoms with E-state index < -0.39 is 10.0 Å². The third kappa shape index (κ3) is 4.05. The van der Waals surface area contributed by atoms with Crippen molar-refractivity contribution in [3.05, 3.63) is 17.0 Å². The summed E-state index contributed by atoms with van der Waals surface area (Å²) in [6.45, 7) is 6.37. The molecule has 0 atom stereocenters. The topological polar surface area (TPSA) is 49.4 Å². The molecule has 0 fully saturated rings. The van der Waals surface area contributed by atoms with E-state index in [0.717, 1.165) is 30.8 Å². The summed E-state index contributed by atoms with van der Waals surface area (Å²) in [7, 11) is -1.66. The maximum atomic E-state index is 12.1. The van der Waals surface area contributed by atoms with Gasteiger partial charge in [0.25, 0.3) is 10.0 Å². The van der Waals surface area contributed by atoms with Gasteiger partial charge in [0.1, 0.15) is 4.21 Å². The van der Waals surface area contributed by atoms with Crippen LogP contribution in [0.15, 0.2) is 16.3 Å². The zero-order valence-corrected chi connectivity index (χ0v) is 12.9. The Morgan fingerprint density at radius 3 is 2.61 bits per heavy atom. The second kappa shape index (κ2) is 7.23. The molecule has 104 valence electrons. The number of thiophene rings is 1. The van der Waals surface area contributed by atoms with E-state index in [1.54, 1.807) is 13.1 Å². The van der Waals surface area contributed by atoms with Crippen LogP contribution >= 0.6 is 11.3 Å². The number of nitrogens with one attached hydrogen (secondary N) is 1. The van der Waals surface area contributed by atoms with E-state index in [4.69, 9.17) is 0 Å². The van der Waals surface area contributed by atoms with E-state index in [1.165, 1.54) is 15.6 Å². The first-order valence-electron chi connectivity index (χ1n) is 6.28. The zero-order valence-electron chi connectivity index (χ0n) is 11.3. The van der Waals surface area contributed by atoms with Gasteiger partial charge in [-0.05, 0) is 38.1 Å². The highest BCUT2D eigenvalue weighted by Crippen LogP contribution is 2.24. The first-order chi connectivity index (χ1) is 8.52. The predicted octanol–water partition coefficient (Wildman–Crippen LogP) is 1.93. The van der Waals surface area contributed by atoms with Crippen LogP contribution in [0.4, 0.5) is 0 Å². The quantitative estimate of drug-likeness (QED) is 0.744. The van der Waals surface area contributed by atoms with Crippen molar-refractivity contribution in [2.75, 3.05) is 26.7 Å². The summed E-state index contributed by atoms with van der Waals surface area (Å²) in [5.74, 6) is 0. The fraction of sp³-hybridized carbons (Fsp3) is 0.667. The highest BCUT2D eigenvalue weighted by Gasteiger charge is 2.21. The molecule has 18 heavy (non-hydrogen) atoms. The van der Waals surface area contributed by atoms with Gasteiger partial charge in [-0.2, -0.15) is 0 Å². The third-order valence-corrected chi connectivity index (χ3v) is 6.27. The Morgan fingerprint density at radius 2 is 2.00 bits per heavy atom. The molecule has 0 radical (unpaired) electrons. The van der Waals surface area contributed by atoms with E-state index in [2.05, 4.69) is 12.2 Å². The molecule has 0 aliphatic carbocycles. The average molecular weight is 290 g/mol. The minimum Gasteiger partial charge on any atom is -0.316 e. The van der Waals surface area contributed by atoms with Crippen LogP contribution in [0.25, 0.3) is 0 Å². The molecule has 0 saturated carbocycles. The van der Waals surface area contributed by atoms with Crippen molar-refractivity contribution in [3.63, 3.8) is 0 Å². The zero-order chi connectivity index (χ0) is 13.6. The van der Waals surface area contributed by atoms with Crippen LogP contribution in [0.1, 0.15) is 25.1 Å². The maximum absolute atomic E-state index is 12.1. The molecule has 0 aliphatic rings. The van der Waals surface area contributed by atoms with Gasteiger partial charge >= 0.3 is 0 Å². The van der Waals surface area contributed by atoms with E-state index in [9.17, 15) is 8.42 Å². The number of nitrogens with zero attached hydrogens (tertiary/aromatic N) is 1. The van der Waals surface area contributed by atoms with Gasteiger partial charge in [-0.3, -0.25) is 0 Å². The minimum absolute atomic E-state index is 0.442. The lowest BCUT2D eigenvalue weighted by Crippen LogP contribution is -2.25. The fourth-order valence-corrected chi connectivity index (χ4v) is 4.21. The van der Waals surface area contributed by atoms with Gasteiger partial charge in [-0.1, -0.05) is 13.8 Å². The SMILES string of the molecule is CCCNCCc1ccc(S(=O)(=O)N(C)CC)s1. The molecule has 1 aromatic rings. The standard InChI is InChI=1S/C12H22N2O2S2/c1-4-9-13-10-8-11-6-7-12(17-11)18(15,16)14(3)5-2/h6-7,13H,4-5,8-10H2,1-3H3. The second-order valence-electron chi connectivity index (χ2n) is 4.14. The lowest BCUT2D eigenvalue weighted by Gasteiger charge is -2.12. The molecule has 0 amide bonds. The molecule has 0 bridgehead atoms. The molecule has 6 heteroatoms. The van der Waals surface area contributed by atoms with Crippen LogP contribution in [0, 0.1) is 0 Å². The average Bonchev–Trinajstić information content (AvgIpc) is 2.83. The molecule has 0 spiro atoms. The monoisotopic (exact) mass is 290 g/mol. The molecule has 0 saturated heterocycles. The van der Waals surface area contributed by atoms with Crippen molar-refractivity contribution in [2.45, 2.75) is 30.9 Å². The predicted molar refractivity (Wildman–Crippen MR) is 76.7 cm³/mol. The minimum atomic E-state index is -3.27. The summed E-state index contributed by atoms with van der Waals surface area (Å²) >= 11 is 1.37. The Balaban J connectivity index is 2.63. The van der Waals surface area contributed by atoms with Crippen LogP contribution in [0.3, 0.4) is 0 Å². The number of rotatable bonds is 8. The highest BCUT2D eigenvalue weighted by atomic mass is 32.2. The third-order valence-electron chi connectivity index (χ3n) is 2.72. The lowest BCUT2D eigenvalue weighted by molar-refractivity contribution is 0.488. The van der Waals surface area contributed by atoms with Crippen molar-refractivity contribution >= 4 is 21.4 Å². The molecule has 1 rings (SSSR count). The van der Waals surface area contributed by atoms with E-state index in [0.29, 0.717) is 10.8 Å². The van der Waals surface area contributed by atoms with Gasteiger partial charge in [-0.15, -0.1) is 11.3 Å². The van der Waals surface area contributed by atoms with Crippen molar-refractivity contribution in [3.8, 4) is 0 Å². The van der Waals surface area contributed by atoms with Gasteiger partial charge in [0.2, 0.25) is 0 Å². The molecular weight excluding hydrogens is 268 g/mol. The normalized spacial score (nSPS) is 12.2. The molecule has 1 heterocycles. The second-order valence-corrected chi connectivity index (χ2v) is 7.58. The van der Waals surface area contributed by atoms with Gasteiger partial charge in [-0.25, -0.2) is 12.7 Å². The Kier molecular flexibility index (Phi) is 6.28. The molecule has 0 aromatic carbocycles. The van der Waals surface area contributed by atoms with Crippen molar-refractivity contribution in [2.24, 2.45) is 0 Å². The highest BCUT2D eigenvalue weighted by molar-refractivity contribution is 7.91. The lowest BCUT2D eigenvalue weighted by atomic mass is 10.3. The maximum Gasteiger partial charge on any atom is 0.252 e.